The quantitative estimate of drug-likeness (QED) is 0.663. The van der Waals surface area contributed by atoms with E-state index in [0.717, 1.165) is 16.8 Å². The Morgan fingerprint density at radius 2 is 2.06 bits per heavy atom. The fourth-order valence-electron chi connectivity index (χ4n) is 4.06. The van der Waals surface area contributed by atoms with E-state index in [0.29, 0.717) is 25.5 Å². The minimum atomic E-state index is -0.0812. The summed E-state index contributed by atoms with van der Waals surface area (Å²) < 4.78 is 2.15. The minimum absolute atomic E-state index is 0.0719. The van der Waals surface area contributed by atoms with Gasteiger partial charge in [-0.1, -0.05) is 18.2 Å². The summed E-state index contributed by atoms with van der Waals surface area (Å²) in [5.41, 5.74) is 5.26. The van der Waals surface area contributed by atoms with Crippen LogP contribution in [0.3, 0.4) is 0 Å². The zero-order valence-electron chi connectivity index (χ0n) is 18.3. The Hall–Kier alpha value is -3.45. The number of rotatable bonds is 4. The topological polar surface area (TPSA) is 70.5 Å². The summed E-state index contributed by atoms with van der Waals surface area (Å²) in [6.07, 6.45) is 5.00. The van der Waals surface area contributed by atoms with Crippen LogP contribution >= 0.6 is 0 Å². The maximum atomic E-state index is 12.7. The van der Waals surface area contributed by atoms with Gasteiger partial charge in [0.05, 0.1) is 18.6 Å². The smallest absolute Gasteiger partial charge is 0.246 e. The van der Waals surface area contributed by atoms with Gasteiger partial charge < -0.3 is 14.8 Å². The van der Waals surface area contributed by atoms with Gasteiger partial charge >= 0.3 is 0 Å². The molecule has 3 aromatic rings. The Bertz CT molecular complexity index is 1190. The molecule has 1 aromatic carbocycles. The second kappa shape index (κ2) is 8.35. The highest BCUT2D eigenvalue weighted by atomic mass is 16.2. The van der Waals surface area contributed by atoms with Gasteiger partial charge in [-0.05, 0) is 43.3 Å². The van der Waals surface area contributed by atoms with E-state index in [1.807, 2.05) is 25.1 Å². The van der Waals surface area contributed by atoms with Crippen molar-refractivity contribution in [1.29, 1.82) is 0 Å². The number of para-hydroxylation sites is 1. The highest BCUT2D eigenvalue weighted by Crippen LogP contribution is 2.23. The molecule has 31 heavy (non-hydrogen) atoms. The molecule has 7 heteroatoms. The second-order valence-corrected chi connectivity index (χ2v) is 8.23. The van der Waals surface area contributed by atoms with Crippen LogP contribution in [0.5, 0.6) is 0 Å². The number of benzene rings is 1. The number of likely N-dealkylation sites (N-methyl/N-ethyl adjacent to an activating group) is 2. The van der Waals surface area contributed by atoms with Crippen molar-refractivity contribution in [1.82, 2.24) is 19.4 Å². The van der Waals surface area contributed by atoms with Crippen LogP contribution < -0.4 is 5.32 Å². The maximum absolute atomic E-state index is 12.7. The van der Waals surface area contributed by atoms with Crippen LogP contribution in [0.4, 0.5) is 5.82 Å². The number of aryl methyl sites for hydroxylation is 2. The number of carbonyl (C=O) groups excluding carboxylic acids is 2. The fraction of sp³-hybridized carbons (Fsp3) is 0.292. The van der Waals surface area contributed by atoms with Gasteiger partial charge in [0.25, 0.3) is 0 Å². The molecule has 1 aliphatic rings. The van der Waals surface area contributed by atoms with Crippen molar-refractivity contribution in [2.24, 2.45) is 7.05 Å². The summed E-state index contributed by atoms with van der Waals surface area (Å²) in [6, 6.07) is 10.3. The molecule has 0 bridgehead atoms. The first-order valence-corrected chi connectivity index (χ1v) is 10.3. The van der Waals surface area contributed by atoms with Crippen LogP contribution in [-0.4, -0.2) is 51.8 Å². The average Bonchev–Trinajstić information content (AvgIpc) is 2.95. The molecule has 0 unspecified atom stereocenters. The summed E-state index contributed by atoms with van der Waals surface area (Å²) in [4.78, 5) is 32.5. The Labute approximate surface area is 182 Å². The first kappa shape index (κ1) is 20.8. The summed E-state index contributed by atoms with van der Waals surface area (Å²) in [7, 11) is 5.73. The number of nitrogens with zero attached hydrogens (tertiary/aromatic N) is 4. The zero-order valence-corrected chi connectivity index (χ0v) is 18.3. The van der Waals surface area contributed by atoms with Gasteiger partial charge in [0.1, 0.15) is 5.82 Å². The molecule has 0 fully saturated rings. The second-order valence-electron chi connectivity index (χ2n) is 8.23. The van der Waals surface area contributed by atoms with Gasteiger partial charge in [-0.2, -0.15) is 0 Å². The monoisotopic (exact) mass is 417 g/mol. The number of amides is 2. The van der Waals surface area contributed by atoms with Gasteiger partial charge in [-0.25, -0.2) is 4.98 Å². The molecule has 0 atom stereocenters. The van der Waals surface area contributed by atoms with Gasteiger partial charge in [-0.3, -0.25) is 14.5 Å². The number of fused-ring (bicyclic) bond motifs is 2. The molecule has 0 saturated heterocycles. The van der Waals surface area contributed by atoms with E-state index in [9.17, 15) is 9.59 Å². The molecule has 1 aliphatic heterocycles. The van der Waals surface area contributed by atoms with Crippen LogP contribution in [-0.2, 0) is 29.7 Å². The lowest BCUT2D eigenvalue weighted by molar-refractivity contribution is -0.125. The summed E-state index contributed by atoms with van der Waals surface area (Å²) in [6.45, 7) is 3.57. The molecule has 0 aliphatic carbocycles. The molecule has 7 nitrogen and oxygen atoms in total. The SMILES string of the molecule is Cc1cccc2cc(CN(C)C(=O)/C=C/c3cnc4c(c3)CN(C)CC(=O)N4)n(C)c12. The lowest BCUT2D eigenvalue weighted by Crippen LogP contribution is -2.26. The average molecular weight is 418 g/mol. The summed E-state index contributed by atoms with van der Waals surface area (Å²) in [5.74, 6) is 0.431. The van der Waals surface area contributed by atoms with E-state index < -0.39 is 0 Å². The van der Waals surface area contributed by atoms with Crippen LogP contribution in [0, 0.1) is 6.92 Å². The van der Waals surface area contributed by atoms with E-state index in [2.05, 4.69) is 46.1 Å². The van der Waals surface area contributed by atoms with Crippen LogP contribution in [0.15, 0.2) is 42.6 Å². The molecule has 2 amide bonds. The van der Waals surface area contributed by atoms with Crippen LogP contribution in [0.25, 0.3) is 17.0 Å². The molecule has 160 valence electrons. The Morgan fingerprint density at radius 1 is 1.26 bits per heavy atom. The first-order chi connectivity index (χ1) is 14.8. The third kappa shape index (κ3) is 4.36. The normalized spacial score (nSPS) is 14.5. The van der Waals surface area contributed by atoms with Crippen molar-refractivity contribution in [2.75, 3.05) is 26.0 Å². The number of pyridine rings is 1. The first-order valence-electron chi connectivity index (χ1n) is 10.3. The summed E-state index contributed by atoms with van der Waals surface area (Å²) >= 11 is 0. The molecule has 3 heterocycles. The fourth-order valence-corrected chi connectivity index (χ4v) is 4.06. The van der Waals surface area contributed by atoms with Gasteiger partial charge in [0.2, 0.25) is 11.8 Å². The molecule has 4 rings (SSSR count). The van der Waals surface area contributed by atoms with Crippen molar-refractivity contribution in [3.63, 3.8) is 0 Å². The number of carbonyl (C=O) groups is 2. The van der Waals surface area contributed by atoms with Crippen molar-refractivity contribution in [3.8, 4) is 0 Å². The highest BCUT2D eigenvalue weighted by molar-refractivity contribution is 5.93. The van der Waals surface area contributed by atoms with E-state index in [4.69, 9.17) is 0 Å². The highest BCUT2D eigenvalue weighted by Gasteiger charge is 2.17. The lowest BCUT2D eigenvalue weighted by atomic mass is 10.1. The minimum Gasteiger partial charge on any atom is -0.346 e. The predicted molar refractivity (Wildman–Crippen MR) is 122 cm³/mol. The molecule has 0 spiro atoms. The summed E-state index contributed by atoms with van der Waals surface area (Å²) in [5, 5.41) is 4.00. The van der Waals surface area contributed by atoms with E-state index >= 15 is 0 Å². The molecule has 1 N–H and O–H groups in total. The third-order valence-electron chi connectivity index (χ3n) is 5.65. The molecule has 0 radical (unpaired) electrons. The molecular formula is C24H27N5O2. The number of aromatic nitrogens is 2. The van der Waals surface area contributed by atoms with Crippen LogP contribution in [0.1, 0.15) is 22.4 Å². The largest absolute Gasteiger partial charge is 0.346 e. The lowest BCUT2D eigenvalue weighted by Gasteiger charge is -2.16. The third-order valence-corrected chi connectivity index (χ3v) is 5.65. The number of anilines is 1. The molecule has 0 saturated carbocycles. The van der Waals surface area contributed by atoms with E-state index in [-0.39, 0.29) is 11.8 Å². The number of hydrogen-bond acceptors (Lipinski definition) is 4. The van der Waals surface area contributed by atoms with Crippen molar-refractivity contribution in [2.45, 2.75) is 20.0 Å². The number of hydrogen-bond donors (Lipinski definition) is 1. The Kier molecular flexibility index (Phi) is 5.61. The molecular weight excluding hydrogens is 390 g/mol. The molecule has 2 aromatic heterocycles. The zero-order chi connectivity index (χ0) is 22.1. The van der Waals surface area contributed by atoms with Crippen molar-refractivity contribution < 1.29 is 9.59 Å². The predicted octanol–water partition coefficient (Wildman–Crippen LogP) is 2.94. The van der Waals surface area contributed by atoms with Crippen molar-refractivity contribution in [3.05, 3.63) is 65.0 Å². The van der Waals surface area contributed by atoms with E-state index in [1.54, 1.807) is 30.3 Å². The number of nitrogens with one attached hydrogen (secondary N) is 1. The van der Waals surface area contributed by atoms with Crippen molar-refractivity contribution >= 4 is 34.6 Å². The van der Waals surface area contributed by atoms with Gasteiger partial charge in [-0.15, -0.1) is 0 Å². The Balaban J connectivity index is 1.48. The maximum Gasteiger partial charge on any atom is 0.246 e. The van der Waals surface area contributed by atoms with E-state index in [1.165, 1.54) is 16.5 Å². The van der Waals surface area contributed by atoms with Gasteiger partial charge in [0.15, 0.2) is 0 Å². The standard InChI is InChI=1S/C24H27N5O2/c1-16-6-5-7-18-11-20(29(4)23(16)18)14-28(3)22(31)9-8-17-10-19-13-27(2)15-21(30)26-24(19)25-12-17/h5-12H,13-15H2,1-4H3,(H,25,26,30)/b9-8+. The van der Waals surface area contributed by atoms with Gasteiger partial charge in [0, 0.05) is 49.6 Å². The Morgan fingerprint density at radius 3 is 2.84 bits per heavy atom. The van der Waals surface area contributed by atoms with Crippen LogP contribution in [0.2, 0.25) is 0 Å².